The van der Waals surface area contributed by atoms with Crippen LogP contribution in [0, 0.1) is 5.82 Å². The van der Waals surface area contributed by atoms with E-state index >= 15 is 0 Å². The third-order valence-corrected chi connectivity index (χ3v) is 6.19. The largest absolute Gasteiger partial charge is 0.374 e. The summed E-state index contributed by atoms with van der Waals surface area (Å²) in [6.45, 7) is 0.752. The second kappa shape index (κ2) is 8.14. The maximum Gasteiger partial charge on any atom is 0.266 e. The van der Waals surface area contributed by atoms with Gasteiger partial charge in [-0.05, 0) is 12.5 Å². The van der Waals surface area contributed by atoms with Gasteiger partial charge in [0.05, 0.1) is 29.7 Å². The van der Waals surface area contributed by atoms with E-state index in [9.17, 15) is 22.8 Å². The number of morpholine rings is 1. The molecule has 2 fully saturated rings. The van der Waals surface area contributed by atoms with Crippen LogP contribution in [0.2, 0.25) is 0 Å². The Labute approximate surface area is 186 Å². The van der Waals surface area contributed by atoms with Gasteiger partial charge in [0.2, 0.25) is 0 Å². The minimum atomic E-state index is -2.93. The van der Waals surface area contributed by atoms with Gasteiger partial charge in [-0.3, -0.25) is 14.2 Å². The quantitative estimate of drug-likeness (QED) is 0.631. The average Bonchev–Trinajstić information content (AvgIpc) is 3.44. The number of hydrogen-bond donors (Lipinski definition) is 1. The molecule has 2 aromatic heterocycles. The van der Waals surface area contributed by atoms with Crippen LogP contribution in [0.3, 0.4) is 0 Å². The van der Waals surface area contributed by atoms with Crippen molar-refractivity contribution in [1.82, 2.24) is 19.4 Å². The third-order valence-electron chi connectivity index (χ3n) is 6.19. The number of likely N-dealkylation sites (tertiary alicyclic amines) is 1. The first-order valence-electron chi connectivity index (χ1n) is 10.4. The molecule has 2 bridgehead atoms. The van der Waals surface area contributed by atoms with Crippen LogP contribution in [-0.2, 0) is 18.3 Å². The molecule has 8 nitrogen and oxygen atoms in total. The SMILES string of the molecule is Cn1c(=O)c(C(=O)N2CC3CC2CO3)cc2c(NCc3cccc(C(F)F)c3F)ncnc21. The van der Waals surface area contributed by atoms with Crippen LogP contribution in [-0.4, -0.2) is 50.6 Å². The minimum Gasteiger partial charge on any atom is -0.374 e. The molecule has 33 heavy (non-hydrogen) atoms. The summed E-state index contributed by atoms with van der Waals surface area (Å²) in [7, 11) is 1.50. The highest BCUT2D eigenvalue weighted by molar-refractivity contribution is 5.99. The molecule has 0 spiro atoms. The predicted molar refractivity (Wildman–Crippen MR) is 113 cm³/mol. The highest BCUT2D eigenvalue weighted by Crippen LogP contribution is 2.30. The van der Waals surface area contributed by atoms with Gasteiger partial charge in [0.15, 0.2) is 0 Å². The van der Waals surface area contributed by atoms with E-state index in [0.717, 1.165) is 12.5 Å². The van der Waals surface area contributed by atoms with E-state index in [0.29, 0.717) is 18.5 Å². The van der Waals surface area contributed by atoms with Gasteiger partial charge >= 0.3 is 0 Å². The maximum atomic E-state index is 14.4. The number of nitrogens with one attached hydrogen (secondary N) is 1. The summed E-state index contributed by atoms with van der Waals surface area (Å²) in [5.41, 5.74) is -0.880. The predicted octanol–water partition coefficient (Wildman–Crippen LogP) is 2.63. The fourth-order valence-corrected chi connectivity index (χ4v) is 4.45. The lowest BCUT2D eigenvalue weighted by Crippen LogP contribution is -2.43. The number of carbonyl (C=O) groups excluding carboxylic acids is 1. The molecule has 11 heteroatoms. The lowest BCUT2D eigenvalue weighted by Gasteiger charge is -2.27. The summed E-state index contributed by atoms with van der Waals surface area (Å²) >= 11 is 0. The smallest absolute Gasteiger partial charge is 0.266 e. The molecule has 5 rings (SSSR count). The van der Waals surface area contributed by atoms with Gasteiger partial charge in [-0.1, -0.05) is 18.2 Å². The van der Waals surface area contributed by atoms with Crippen LogP contribution >= 0.6 is 0 Å². The Kier molecular flexibility index (Phi) is 5.28. The number of hydrogen-bond acceptors (Lipinski definition) is 6. The number of aryl methyl sites for hydroxylation is 1. The number of amides is 1. The molecular formula is C22H20F3N5O3. The number of alkyl halides is 2. The van der Waals surface area contributed by atoms with Crippen LogP contribution in [0.1, 0.15) is 34.3 Å². The van der Waals surface area contributed by atoms with E-state index in [1.807, 2.05) is 0 Å². The van der Waals surface area contributed by atoms with Gasteiger partial charge in [0.1, 0.15) is 29.2 Å². The highest BCUT2D eigenvalue weighted by atomic mass is 19.3. The summed E-state index contributed by atoms with van der Waals surface area (Å²) in [4.78, 5) is 36.0. The number of carbonyl (C=O) groups is 1. The molecule has 0 aliphatic carbocycles. The molecule has 3 aromatic rings. The van der Waals surface area contributed by atoms with Crippen molar-refractivity contribution in [3.63, 3.8) is 0 Å². The van der Waals surface area contributed by atoms with Crippen molar-refractivity contribution in [2.45, 2.75) is 31.5 Å². The Bertz CT molecular complexity index is 1310. The van der Waals surface area contributed by atoms with Crippen molar-refractivity contribution >= 4 is 22.8 Å². The summed E-state index contributed by atoms with van der Waals surface area (Å²) in [5.74, 6) is -1.13. The van der Waals surface area contributed by atoms with E-state index in [1.54, 1.807) is 4.90 Å². The average molecular weight is 459 g/mol. The molecule has 1 N–H and O–H groups in total. The topological polar surface area (TPSA) is 89.4 Å². The Balaban J connectivity index is 1.50. The molecule has 2 saturated heterocycles. The number of pyridine rings is 1. The van der Waals surface area contributed by atoms with Gasteiger partial charge in [-0.15, -0.1) is 0 Å². The Morgan fingerprint density at radius 3 is 2.85 bits per heavy atom. The fraction of sp³-hybridized carbons (Fsp3) is 0.364. The van der Waals surface area contributed by atoms with Crippen molar-refractivity contribution in [2.24, 2.45) is 7.05 Å². The normalized spacial score (nSPS) is 19.6. The molecule has 0 saturated carbocycles. The monoisotopic (exact) mass is 459 g/mol. The first-order chi connectivity index (χ1) is 15.8. The van der Waals surface area contributed by atoms with E-state index in [-0.39, 0.29) is 41.3 Å². The van der Waals surface area contributed by atoms with Crippen LogP contribution in [0.4, 0.5) is 19.0 Å². The molecular weight excluding hydrogens is 439 g/mol. The molecule has 2 aliphatic heterocycles. The molecule has 1 amide bonds. The third kappa shape index (κ3) is 3.62. The maximum absolute atomic E-state index is 14.4. The Morgan fingerprint density at radius 2 is 2.15 bits per heavy atom. The number of ether oxygens (including phenoxy) is 1. The summed E-state index contributed by atoms with van der Waals surface area (Å²) in [6.07, 6.45) is -0.963. The Hall–Kier alpha value is -3.47. The van der Waals surface area contributed by atoms with Crippen molar-refractivity contribution < 1.29 is 22.7 Å². The molecule has 2 aliphatic rings. The second-order valence-corrected chi connectivity index (χ2v) is 8.16. The van der Waals surface area contributed by atoms with Gasteiger partial charge in [-0.2, -0.15) is 0 Å². The van der Waals surface area contributed by atoms with Crippen LogP contribution < -0.4 is 10.9 Å². The first-order valence-corrected chi connectivity index (χ1v) is 10.4. The van der Waals surface area contributed by atoms with Gasteiger partial charge < -0.3 is 15.0 Å². The zero-order valence-corrected chi connectivity index (χ0v) is 17.6. The lowest BCUT2D eigenvalue weighted by atomic mass is 10.1. The fourth-order valence-electron chi connectivity index (χ4n) is 4.45. The molecule has 2 atom stereocenters. The van der Waals surface area contributed by atoms with Crippen molar-refractivity contribution in [2.75, 3.05) is 18.5 Å². The summed E-state index contributed by atoms with van der Waals surface area (Å²) in [5, 5.41) is 3.31. The number of benzene rings is 1. The first kappa shape index (κ1) is 21.4. The standard InChI is InChI=1S/C22H20F3N5O3/c1-29-20-15(6-16(21(29)31)22(32)30-8-13-5-12(30)9-33-13)19(27-10-28-20)26-7-11-3-2-4-14(17(11)23)18(24)25/h2-4,6,10,12-13,18H,5,7-9H2,1H3,(H,26,27,28). The van der Waals surface area contributed by atoms with Crippen molar-refractivity contribution in [1.29, 1.82) is 0 Å². The van der Waals surface area contributed by atoms with E-state index in [1.165, 1.54) is 36.1 Å². The van der Waals surface area contributed by atoms with Crippen LogP contribution in [0.25, 0.3) is 11.0 Å². The zero-order chi connectivity index (χ0) is 23.3. The number of fused-ring (bicyclic) bond motifs is 3. The molecule has 0 radical (unpaired) electrons. The summed E-state index contributed by atoms with van der Waals surface area (Å²) < 4.78 is 47.2. The van der Waals surface area contributed by atoms with Gasteiger partial charge in [-0.25, -0.2) is 23.1 Å². The second-order valence-electron chi connectivity index (χ2n) is 8.16. The van der Waals surface area contributed by atoms with E-state index in [4.69, 9.17) is 4.74 Å². The number of rotatable bonds is 5. The van der Waals surface area contributed by atoms with E-state index < -0.39 is 29.3 Å². The number of nitrogens with zero attached hydrogens (tertiary/aromatic N) is 4. The van der Waals surface area contributed by atoms with Crippen LogP contribution in [0.5, 0.6) is 0 Å². The van der Waals surface area contributed by atoms with Crippen LogP contribution in [0.15, 0.2) is 35.4 Å². The van der Waals surface area contributed by atoms with Crippen molar-refractivity contribution in [3.8, 4) is 0 Å². The van der Waals surface area contributed by atoms with Gasteiger partial charge in [0.25, 0.3) is 17.9 Å². The summed E-state index contributed by atoms with van der Waals surface area (Å²) in [6, 6.07) is 5.16. The number of halogens is 3. The number of aromatic nitrogens is 3. The zero-order valence-electron chi connectivity index (χ0n) is 17.6. The van der Waals surface area contributed by atoms with Gasteiger partial charge in [0, 0.05) is 25.7 Å². The minimum absolute atomic E-state index is 0.0114. The highest BCUT2D eigenvalue weighted by Gasteiger charge is 2.42. The molecule has 2 unspecified atom stereocenters. The molecule has 1 aromatic carbocycles. The van der Waals surface area contributed by atoms with Crippen molar-refractivity contribution in [3.05, 3.63) is 63.5 Å². The molecule has 172 valence electrons. The van der Waals surface area contributed by atoms with E-state index in [2.05, 4.69) is 15.3 Å². The number of anilines is 1. The molecule has 4 heterocycles. The Morgan fingerprint density at radius 1 is 1.33 bits per heavy atom. The lowest BCUT2D eigenvalue weighted by molar-refractivity contribution is 0.0258.